The van der Waals surface area contributed by atoms with Gasteiger partial charge >= 0.3 is 0 Å². The summed E-state index contributed by atoms with van der Waals surface area (Å²) in [5, 5.41) is 1.78. The Morgan fingerprint density at radius 1 is 1.78 bits per heavy atom. The first-order chi connectivity index (χ1) is 4.34. The molecule has 1 saturated heterocycles. The maximum absolute atomic E-state index is 10.8. The van der Waals surface area contributed by atoms with E-state index in [1.807, 2.05) is 0 Å². The summed E-state index contributed by atoms with van der Waals surface area (Å²) < 4.78 is 0. The molecule has 0 aromatic heterocycles. The molecule has 1 aliphatic heterocycles. The van der Waals surface area contributed by atoms with Crippen LogP contribution in [0.2, 0.25) is 0 Å². The Morgan fingerprint density at radius 3 is 3.00 bits per heavy atom. The van der Waals surface area contributed by atoms with Gasteiger partial charge in [-0.25, -0.2) is 5.43 Å². The Morgan fingerprint density at radius 2 is 2.56 bits per heavy atom. The molecule has 0 aromatic rings. The van der Waals surface area contributed by atoms with Crippen LogP contribution >= 0.6 is 11.6 Å². The van der Waals surface area contributed by atoms with Gasteiger partial charge < -0.3 is 0 Å². The van der Waals surface area contributed by atoms with E-state index in [1.165, 1.54) is 11.6 Å². The Labute approximate surface area is 59.4 Å². The van der Waals surface area contributed by atoms with E-state index >= 15 is 0 Å². The molecule has 5 heteroatoms. The molecule has 50 valence electrons. The molecule has 1 rings (SSSR count). The maximum atomic E-state index is 10.8. The number of carbonyl (C=O) groups is 1. The van der Waals surface area contributed by atoms with Crippen LogP contribution in [0.25, 0.3) is 0 Å². The Balaban J connectivity index is 2.32. The second-order valence-electron chi connectivity index (χ2n) is 1.88. The molecule has 0 atom stereocenters. The van der Waals surface area contributed by atoms with Crippen molar-refractivity contribution < 1.29 is 4.79 Å². The summed E-state index contributed by atoms with van der Waals surface area (Å²) in [5.74, 6) is 0. The number of hydrazine groups is 1. The zero-order valence-electron chi connectivity index (χ0n) is 5.39. The highest BCUT2D eigenvalue weighted by molar-refractivity contribution is 8.31. The van der Waals surface area contributed by atoms with Gasteiger partial charge in [0.1, 0.15) is 0 Å². The predicted molar refractivity (Wildman–Crippen MR) is 40.9 cm³/mol. The Bertz CT molecular complexity index is 115. The molecule has 0 bridgehead atoms. The van der Waals surface area contributed by atoms with Crippen LogP contribution in [0.1, 0.15) is 6.42 Å². The minimum absolute atomic E-state index is 0.118. The van der Waals surface area contributed by atoms with Crippen molar-refractivity contribution in [3.05, 3.63) is 0 Å². The van der Waals surface area contributed by atoms with Crippen LogP contribution < -0.4 is 5.43 Å². The molecule has 0 aliphatic carbocycles. The van der Waals surface area contributed by atoms with Crippen LogP contribution in [0.15, 0.2) is 0 Å². The van der Waals surface area contributed by atoms with Gasteiger partial charge in [0.15, 0.2) is 7.12 Å². The molecule has 1 heterocycles. The first-order valence-corrected chi connectivity index (χ1v) is 4.16. The monoisotopic (exact) mass is 144 g/mol. The van der Waals surface area contributed by atoms with Crippen LogP contribution in [-0.4, -0.2) is 30.5 Å². The standard InChI is InChI=1S/C4H9BN2OS/c5-9-4(8)7-3-1-2-6-7/h6H,1-3,5H2. The summed E-state index contributed by atoms with van der Waals surface area (Å²) in [6.45, 7) is 1.80. The van der Waals surface area contributed by atoms with E-state index in [0.29, 0.717) is 0 Å². The van der Waals surface area contributed by atoms with Gasteiger partial charge in [0, 0.05) is 13.1 Å². The van der Waals surface area contributed by atoms with E-state index in [9.17, 15) is 4.79 Å². The lowest BCUT2D eigenvalue weighted by molar-refractivity contribution is 0.217. The lowest BCUT2D eigenvalue weighted by Gasteiger charge is -2.12. The molecular formula is C4H9BN2OS. The van der Waals surface area contributed by atoms with Crippen LogP contribution in [0.5, 0.6) is 0 Å². The number of hydrogen-bond acceptors (Lipinski definition) is 3. The fraction of sp³-hybridized carbons (Fsp3) is 0.750. The van der Waals surface area contributed by atoms with Crippen LogP contribution in [0.4, 0.5) is 4.79 Å². The van der Waals surface area contributed by atoms with Crippen molar-refractivity contribution in [1.82, 2.24) is 10.4 Å². The minimum Gasteiger partial charge on any atom is -0.270 e. The molecule has 1 aliphatic rings. The van der Waals surface area contributed by atoms with Gasteiger partial charge in [-0.05, 0) is 6.42 Å². The van der Waals surface area contributed by atoms with Crippen molar-refractivity contribution in [3.8, 4) is 0 Å². The highest BCUT2D eigenvalue weighted by atomic mass is 32.2. The first kappa shape index (κ1) is 6.96. The summed E-state index contributed by atoms with van der Waals surface area (Å²) >= 11 is 1.25. The summed E-state index contributed by atoms with van der Waals surface area (Å²) in [6.07, 6.45) is 1.08. The fourth-order valence-electron chi connectivity index (χ4n) is 0.796. The van der Waals surface area contributed by atoms with E-state index in [4.69, 9.17) is 0 Å². The molecule has 0 aromatic carbocycles. The van der Waals surface area contributed by atoms with Crippen LogP contribution in [0, 0.1) is 0 Å². The van der Waals surface area contributed by atoms with E-state index in [-0.39, 0.29) is 5.24 Å². The van der Waals surface area contributed by atoms with Gasteiger partial charge in [0.05, 0.1) is 0 Å². The van der Waals surface area contributed by atoms with E-state index in [2.05, 4.69) is 5.43 Å². The predicted octanol–water partition coefficient (Wildman–Crippen LogP) is -0.402. The molecule has 9 heavy (non-hydrogen) atoms. The lowest BCUT2D eigenvalue weighted by Crippen LogP contribution is -2.33. The summed E-state index contributed by atoms with van der Waals surface area (Å²) in [5.41, 5.74) is 2.97. The molecule has 0 radical (unpaired) electrons. The second kappa shape index (κ2) is 3.13. The summed E-state index contributed by atoms with van der Waals surface area (Å²) in [7, 11) is 1.79. The SMILES string of the molecule is BSC(=O)N1CCCN1. The molecular weight excluding hydrogens is 135 g/mol. The largest absolute Gasteiger partial charge is 0.284 e. The first-order valence-electron chi connectivity index (χ1n) is 2.93. The quantitative estimate of drug-likeness (QED) is 0.469. The number of hydrogen-bond donors (Lipinski definition) is 1. The minimum atomic E-state index is 0.118. The van der Waals surface area contributed by atoms with Gasteiger partial charge in [0.25, 0.3) is 5.24 Å². The fourth-order valence-corrected chi connectivity index (χ4v) is 1.17. The average molecular weight is 144 g/mol. The topological polar surface area (TPSA) is 32.3 Å². The van der Waals surface area contributed by atoms with Gasteiger partial charge in [-0.3, -0.25) is 9.80 Å². The number of nitrogens with zero attached hydrogens (tertiary/aromatic N) is 1. The molecule has 1 N–H and O–H groups in total. The molecule has 1 fully saturated rings. The summed E-state index contributed by atoms with van der Waals surface area (Å²) in [4.78, 5) is 10.8. The van der Waals surface area contributed by atoms with Gasteiger partial charge in [0.2, 0.25) is 0 Å². The van der Waals surface area contributed by atoms with E-state index < -0.39 is 0 Å². The summed E-state index contributed by atoms with van der Waals surface area (Å²) in [6, 6.07) is 0. The zero-order chi connectivity index (χ0) is 6.69. The van der Waals surface area contributed by atoms with Crippen molar-refractivity contribution in [2.24, 2.45) is 0 Å². The Kier molecular flexibility index (Phi) is 2.42. The molecule has 3 nitrogen and oxygen atoms in total. The van der Waals surface area contributed by atoms with E-state index in [1.54, 1.807) is 12.1 Å². The van der Waals surface area contributed by atoms with E-state index in [0.717, 1.165) is 19.5 Å². The molecule has 0 unspecified atom stereocenters. The number of amides is 1. The average Bonchev–Trinajstić information content (AvgIpc) is 2.37. The van der Waals surface area contributed by atoms with Crippen molar-refractivity contribution in [2.75, 3.05) is 13.1 Å². The van der Waals surface area contributed by atoms with Crippen LogP contribution in [0.3, 0.4) is 0 Å². The van der Waals surface area contributed by atoms with Crippen molar-refractivity contribution in [1.29, 1.82) is 0 Å². The third-order valence-electron chi connectivity index (χ3n) is 1.26. The zero-order valence-corrected chi connectivity index (χ0v) is 6.20. The van der Waals surface area contributed by atoms with Crippen LogP contribution in [-0.2, 0) is 0 Å². The number of carbonyl (C=O) groups excluding carboxylic acids is 1. The maximum Gasteiger partial charge on any atom is 0.284 e. The Hall–Kier alpha value is -0.155. The van der Waals surface area contributed by atoms with Crippen molar-refractivity contribution in [2.45, 2.75) is 6.42 Å². The van der Waals surface area contributed by atoms with Crippen molar-refractivity contribution >= 4 is 24.0 Å². The highest BCUT2D eigenvalue weighted by Gasteiger charge is 2.14. The second-order valence-corrected chi connectivity index (χ2v) is 2.64. The van der Waals surface area contributed by atoms with Gasteiger partial charge in [-0.1, -0.05) is 0 Å². The smallest absolute Gasteiger partial charge is 0.270 e. The number of nitrogens with one attached hydrogen (secondary N) is 1. The molecule has 1 amide bonds. The van der Waals surface area contributed by atoms with Gasteiger partial charge in [-0.15, -0.1) is 11.6 Å². The number of rotatable bonds is 0. The molecule has 0 saturated carbocycles. The van der Waals surface area contributed by atoms with Gasteiger partial charge in [-0.2, -0.15) is 0 Å². The third kappa shape index (κ3) is 1.62. The normalized spacial score (nSPS) is 18.4. The lowest BCUT2D eigenvalue weighted by atomic mass is 10.5. The highest BCUT2D eigenvalue weighted by Crippen LogP contribution is 2.04. The third-order valence-corrected chi connectivity index (χ3v) is 1.83. The molecule has 0 spiro atoms. The van der Waals surface area contributed by atoms with Crippen molar-refractivity contribution in [3.63, 3.8) is 0 Å².